The molecule has 7 nitrogen and oxygen atoms in total. The summed E-state index contributed by atoms with van der Waals surface area (Å²) in [6.45, 7) is 0.252. The van der Waals surface area contributed by atoms with Crippen molar-refractivity contribution < 1.29 is 30.5 Å². The monoisotopic (exact) mass is 334 g/mol. The molecule has 1 aromatic carbocycles. The minimum atomic E-state index is -4.31. The van der Waals surface area contributed by atoms with Crippen LogP contribution in [0.2, 0.25) is 0 Å². The molecule has 0 bridgehead atoms. The van der Waals surface area contributed by atoms with Crippen molar-refractivity contribution in [1.82, 2.24) is 0 Å². The van der Waals surface area contributed by atoms with Crippen molar-refractivity contribution in [3.63, 3.8) is 0 Å². The summed E-state index contributed by atoms with van der Waals surface area (Å²) >= 11 is 0. The third-order valence-electron chi connectivity index (χ3n) is 3.26. The Morgan fingerprint density at radius 1 is 1.05 bits per heavy atom. The second-order valence-corrected chi connectivity index (χ2v) is 7.81. The van der Waals surface area contributed by atoms with Crippen LogP contribution in [0.4, 0.5) is 5.69 Å². The summed E-state index contributed by atoms with van der Waals surface area (Å²) in [6, 6.07) is 7.06. The molecule has 21 heavy (non-hydrogen) atoms. The first kappa shape index (κ1) is 16.1. The van der Waals surface area contributed by atoms with E-state index in [-0.39, 0.29) is 30.2 Å². The molecule has 116 valence electrons. The predicted molar refractivity (Wildman–Crippen MR) is 77.1 cm³/mol. The number of fused-ring (bicyclic) bond motifs is 1. The van der Waals surface area contributed by atoms with E-state index >= 15 is 0 Å². The summed E-state index contributed by atoms with van der Waals surface area (Å²) in [6.07, 6.45) is 0.691. The van der Waals surface area contributed by atoms with Gasteiger partial charge in [-0.2, -0.15) is 21.4 Å². The van der Waals surface area contributed by atoms with E-state index in [0.29, 0.717) is 12.1 Å². The summed E-state index contributed by atoms with van der Waals surface area (Å²) < 4.78 is 63.6. The van der Waals surface area contributed by atoms with Gasteiger partial charge in [0.1, 0.15) is 6.54 Å². The van der Waals surface area contributed by atoms with Crippen LogP contribution < -0.4 is 0 Å². The molecule has 0 saturated carbocycles. The van der Waals surface area contributed by atoms with Gasteiger partial charge in [-0.25, -0.2) is 0 Å². The maximum absolute atomic E-state index is 11.4. The van der Waals surface area contributed by atoms with Crippen molar-refractivity contribution >= 4 is 31.0 Å². The Balaban J connectivity index is 2.20. The molecular formula is C12H16NO6S2+. The van der Waals surface area contributed by atoms with Crippen LogP contribution in [0.1, 0.15) is 18.4 Å². The van der Waals surface area contributed by atoms with E-state index in [1.165, 1.54) is 4.58 Å². The number of hydrogen-bond acceptors (Lipinski definition) is 4. The fourth-order valence-electron chi connectivity index (χ4n) is 2.35. The Labute approximate surface area is 123 Å². The van der Waals surface area contributed by atoms with E-state index < -0.39 is 20.2 Å². The van der Waals surface area contributed by atoms with Gasteiger partial charge in [0, 0.05) is 18.1 Å². The van der Waals surface area contributed by atoms with Gasteiger partial charge in [-0.15, -0.1) is 0 Å². The molecule has 1 heterocycles. The van der Waals surface area contributed by atoms with Gasteiger partial charge in [0.2, 0.25) is 5.69 Å². The normalized spacial score (nSPS) is 15.3. The molecule has 0 unspecified atom stereocenters. The highest BCUT2D eigenvalue weighted by atomic mass is 32.2. The maximum Gasteiger partial charge on any atom is 0.351 e. The molecule has 1 aliphatic rings. The molecular weight excluding hydrogens is 318 g/mol. The van der Waals surface area contributed by atoms with E-state index in [0.717, 1.165) is 5.56 Å². The lowest BCUT2D eigenvalue weighted by molar-refractivity contribution is -0.435. The fourth-order valence-corrected chi connectivity index (χ4v) is 3.72. The van der Waals surface area contributed by atoms with E-state index in [1.54, 1.807) is 24.3 Å². The van der Waals surface area contributed by atoms with Gasteiger partial charge < -0.3 is 0 Å². The number of benzene rings is 1. The molecule has 0 aromatic heterocycles. The lowest BCUT2D eigenvalue weighted by Crippen LogP contribution is -2.23. The first-order valence-electron chi connectivity index (χ1n) is 6.32. The molecule has 0 spiro atoms. The van der Waals surface area contributed by atoms with Gasteiger partial charge in [0.25, 0.3) is 10.1 Å². The van der Waals surface area contributed by atoms with Crippen LogP contribution in [0.25, 0.3) is 0 Å². The lowest BCUT2D eigenvalue weighted by atomic mass is 10.1. The van der Waals surface area contributed by atoms with Gasteiger partial charge in [-0.05, 0) is 6.42 Å². The molecule has 9 heteroatoms. The van der Waals surface area contributed by atoms with Crippen molar-refractivity contribution in [2.45, 2.75) is 19.3 Å². The number of nitrogens with zero attached hydrogens (tertiary/aromatic N) is 1. The SMILES string of the molecule is O=S(=O)(O)CCCC[N+]1=C(S(=O)(=O)O)Cc2ccccc21. The quantitative estimate of drug-likeness (QED) is 0.469. The second kappa shape index (κ2) is 5.84. The van der Waals surface area contributed by atoms with Gasteiger partial charge in [0.15, 0.2) is 0 Å². The highest BCUT2D eigenvalue weighted by Gasteiger charge is 2.37. The van der Waals surface area contributed by atoms with Gasteiger partial charge in [0.05, 0.1) is 12.2 Å². The molecule has 0 saturated heterocycles. The van der Waals surface area contributed by atoms with Crippen LogP contribution in [0.3, 0.4) is 0 Å². The van der Waals surface area contributed by atoms with E-state index in [4.69, 9.17) is 4.55 Å². The van der Waals surface area contributed by atoms with Crippen molar-refractivity contribution in [2.75, 3.05) is 12.3 Å². The van der Waals surface area contributed by atoms with Crippen LogP contribution in [0.5, 0.6) is 0 Å². The molecule has 0 amide bonds. The first-order valence-corrected chi connectivity index (χ1v) is 9.37. The van der Waals surface area contributed by atoms with E-state index in [1.807, 2.05) is 0 Å². The van der Waals surface area contributed by atoms with Crippen molar-refractivity contribution in [3.8, 4) is 0 Å². The van der Waals surface area contributed by atoms with Crippen molar-refractivity contribution in [1.29, 1.82) is 0 Å². The first-order chi connectivity index (χ1) is 9.68. The number of hydrogen-bond donors (Lipinski definition) is 2. The Morgan fingerprint density at radius 2 is 1.71 bits per heavy atom. The van der Waals surface area contributed by atoms with Crippen LogP contribution in [0, 0.1) is 0 Å². The second-order valence-electron chi connectivity index (χ2n) is 4.82. The molecule has 0 atom stereocenters. The third-order valence-corrected chi connectivity index (χ3v) is 5.02. The molecule has 0 radical (unpaired) electrons. The van der Waals surface area contributed by atoms with E-state index in [9.17, 15) is 21.4 Å². The predicted octanol–water partition coefficient (Wildman–Crippen LogP) is 0.841. The molecule has 0 fully saturated rings. The molecule has 2 rings (SSSR count). The Morgan fingerprint density at radius 3 is 2.33 bits per heavy atom. The summed E-state index contributed by atoms with van der Waals surface area (Å²) in [4.78, 5) is 0. The van der Waals surface area contributed by atoms with Crippen molar-refractivity contribution in [2.24, 2.45) is 0 Å². The van der Waals surface area contributed by atoms with E-state index in [2.05, 4.69) is 0 Å². The lowest BCUT2D eigenvalue weighted by Gasteiger charge is -2.02. The molecule has 1 aromatic rings. The average molecular weight is 334 g/mol. The third kappa shape index (κ3) is 4.10. The summed E-state index contributed by atoms with van der Waals surface area (Å²) in [5.41, 5.74) is 1.48. The standard InChI is InChI=1S/C12H15NO6S2/c14-20(15,16)8-4-3-7-13-11-6-2-1-5-10(11)9-12(13)21(17,18)19/h1-2,5-6H,3-4,7-9H2,(H-,14,15,16,17,18,19)/p+1. The van der Waals surface area contributed by atoms with Gasteiger partial charge in [-0.1, -0.05) is 18.2 Å². The smallest absolute Gasteiger partial charge is 0.286 e. The van der Waals surface area contributed by atoms with Gasteiger partial charge >= 0.3 is 15.2 Å². The van der Waals surface area contributed by atoms with Crippen LogP contribution in [-0.4, -0.2) is 47.9 Å². The molecule has 0 aliphatic carbocycles. The van der Waals surface area contributed by atoms with Crippen molar-refractivity contribution in [3.05, 3.63) is 29.8 Å². The molecule has 1 aliphatic heterocycles. The number of rotatable bonds is 5. The minimum Gasteiger partial charge on any atom is -0.286 e. The Kier molecular flexibility index (Phi) is 4.47. The highest BCUT2D eigenvalue weighted by Crippen LogP contribution is 2.27. The van der Waals surface area contributed by atoms with Crippen LogP contribution in [0.15, 0.2) is 24.3 Å². The van der Waals surface area contributed by atoms with Gasteiger partial charge in [-0.3, -0.25) is 9.11 Å². The highest BCUT2D eigenvalue weighted by molar-refractivity contribution is 8.01. The zero-order chi connectivity index (χ0) is 15.7. The van der Waals surface area contributed by atoms with Crippen LogP contribution in [-0.2, 0) is 26.7 Å². The zero-order valence-corrected chi connectivity index (χ0v) is 12.8. The average Bonchev–Trinajstić information content (AvgIpc) is 2.72. The Hall–Kier alpha value is -1.29. The fraction of sp³-hybridized carbons (Fsp3) is 0.417. The Bertz CT molecular complexity index is 780. The number of para-hydroxylation sites is 1. The zero-order valence-electron chi connectivity index (χ0n) is 11.1. The largest absolute Gasteiger partial charge is 0.351 e. The maximum atomic E-state index is 11.4. The topological polar surface area (TPSA) is 112 Å². The number of unbranched alkanes of at least 4 members (excludes halogenated alkanes) is 1. The minimum absolute atomic E-state index is 0.101. The summed E-state index contributed by atoms with van der Waals surface area (Å²) in [7, 11) is -8.33. The summed E-state index contributed by atoms with van der Waals surface area (Å²) in [5.74, 6) is -0.371. The summed E-state index contributed by atoms with van der Waals surface area (Å²) in [5, 5.41) is -0.101. The molecule has 2 N–H and O–H groups in total. The van der Waals surface area contributed by atoms with Crippen LogP contribution >= 0.6 is 0 Å².